The summed E-state index contributed by atoms with van der Waals surface area (Å²) in [6.07, 6.45) is 0. The van der Waals surface area contributed by atoms with Crippen molar-refractivity contribution in [1.29, 1.82) is 0 Å². The van der Waals surface area contributed by atoms with Gasteiger partial charge >= 0.3 is 11.9 Å². The standard InChI is InChI=1S/C18H24O9/c19-17-13-26-15-3-1-2-4-16(15)27-14-18(20)25-12-10-23-8-6-21-5-7-22-9-11-24-17/h1-4H,5-14H2. The van der Waals surface area contributed by atoms with Crippen LogP contribution in [0.2, 0.25) is 0 Å². The maximum absolute atomic E-state index is 11.7. The fraction of sp³-hybridized carbons (Fsp3) is 0.556. The van der Waals surface area contributed by atoms with Gasteiger partial charge in [-0.3, -0.25) is 0 Å². The van der Waals surface area contributed by atoms with E-state index in [4.69, 9.17) is 33.2 Å². The fourth-order valence-electron chi connectivity index (χ4n) is 2.02. The van der Waals surface area contributed by atoms with Gasteiger partial charge in [-0.15, -0.1) is 0 Å². The second-order valence-corrected chi connectivity index (χ2v) is 5.30. The molecule has 0 atom stereocenters. The van der Waals surface area contributed by atoms with Crippen LogP contribution in [-0.4, -0.2) is 78.0 Å². The molecule has 1 aliphatic heterocycles. The number of benzene rings is 1. The van der Waals surface area contributed by atoms with Gasteiger partial charge in [-0.05, 0) is 12.1 Å². The molecule has 0 bridgehead atoms. The first-order valence-electron chi connectivity index (χ1n) is 8.65. The monoisotopic (exact) mass is 384 g/mol. The van der Waals surface area contributed by atoms with Gasteiger partial charge in [0.1, 0.15) is 13.2 Å². The summed E-state index contributed by atoms with van der Waals surface area (Å²) in [5.41, 5.74) is 0. The molecule has 1 heterocycles. The van der Waals surface area contributed by atoms with Crippen LogP contribution in [0.3, 0.4) is 0 Å². The van der Waals surface area contributed by atoms with Crippen LogP contribution in [0, 0.1) is 0 Å². The Morgan fingerprint density at radius 3 is 1.30 bits per heavy atom. The van der Waals surface area contributed by atoms with Crippen molar-refractivity contribution in [1.82, 2.24) is 0 Å². The average molecular weight is 384 g/mol. The van der Waals surface area contributed by atoms with Gasteiger partial charge in [-0.2, -0.15) is 0 Å². The average Bonchev–Trinajstić information content (AvgIpc) is 2.68. The number of esters is 2. The first kappa shape index (κ1) is 20.9. The molecule has 0 saturated carbocycles. The molecule has 9 nitrogen and oxygen atoms in total. The zero-order valence-electron chi connectivity index (χ0n) is 15.1. The molecular formula is C18H24O9. The van der Waals surface area contributed by atoms with Crippen molar-refractivity contribution in [2.75, 3.05) is 66.1 Å². The van der Waals surface area contributed by atoms with Gasteiger partial charge in [0.2, 0.25) is 0 Å². The van der Waals surface area contributed by atoms with E-state index in [0.717, 1.165) is 0 Å². The smallest absolute Gasteiger partial charge is 0.344 e. The van der Waals surface area contributed by atoms with Crippen molar-refractivity contribution in [3.8, 4) is 11.5 Å². The number of carbonyl (C=O) groups is 2. The molecular weight excluding hydrogens is 360 g/mol. The van der Waals surface area contributed by atoms with E-state index in [-0.39, 0.29) is 39.6 Å². The first-order chi connectivity index (χ1) is 13.3. The number of para-hydroxylation sites is 2. The molecule has 0 spiro atoms. The summed E-state index contributed by atoms with van der Waals surface area (Å²) >= 11 is 0. The minimum absolute atomic E-state index is 0.120. The van der Waals surface area contributed by atoms with Crippen molar-refractivity contribution < 1.29 is 42.7 Å². The van der Waals surface area contributed by atoms with Crippen LogP contribution in [0.5, 0.6) is 11.5 Å². The van der Waals surface area contributed by atoms with Crippen molar-refractivity contribution >= 4 is 11.9 Å². The summed E-state index contributed by atoms with van der Waals surface area (Å²) in [7, 11) is 0. The van der Waals surface area contributed by atoms with Crippen LogP contribution < -0.4 is 9.47 Å². The maximum Gasteiger partial charge on any atom is 0.344 e. The molecule has 1 aliphatic rings. The van der Waals surface area contributed by atoms with Crippen LogP contribution in [0.4, 0.5) is 0 Å². The third-order valence-corrected chi connectivity index (χ3v) is 3.27. The van der Waals surface area contributed by atoms with Gasteiger partial charge in [0.05, 0.1) is 39.6 Å². The predicted octanol–water partition coefficient (Wildman–Crippen LogP) is 0.594. The Bertz CT molecular complexity index is 527. The van der Waals surface area contributed by atoms with Gasteiger partial charge in [-0.1, -0.05) is 12.1 Å². The minimum atomic E-state index is -0.535. The molecule has 0 N–H and O–H groups in total. The van der Waals surface area contributed by atoms with E-state index >= 15 is 0 Å². The third kappa shape index (κ3) is 9.23. The summed E-state index contributed by atoms with van der Waals surface area (Å²) in [6, 6.07) is 6.70. The fourth-order valence-corrected chi connectivity index (χ4v) is 2.02. The van der Waals surface area contributed by atoms with Gasteiger partial charge < -0.3 is 33.2 Å². The van der Waals surface area contributed by atoms with E-state index in [1.54, 1.807) is 24.3 Å². The van der Waals surface area contributed by atoms with Crippen LogP contribution in [0.15, 0.2) is 24.3 Å². The summed E-state index contributed by atoms with van der Waals surface area (Å²) in [5, 5.41) is 0. The zero-order valence-corrected chi connectivity index (χ0v) is 15.1. The lowest BCUT2D eigenvalue weighted by Crippen LogP contribution is -2.19. The van der Waals surface area contributed by atoms with Crippen molar-refractivity contribution in [3.05, 3.63) is 24.3 Å². The Morgan fingerprint density at radius 2 is 0.889 bits per heavy atom. The largest absolute Gasteiger partial charge is 0.478 e. The Kier molecular flexibility index (Phi) is 10.0. The number of carbonyl (C=O) groups excluding carboxylic acids is 2. The van der Waals surface area contributed by atoms with E-state index in [9.17, 15) is 9.59 Å². The molecule has 0 aliphatic carbocycles. The molecule has 0 saturated heterocycles. The highest BCUT2D eigenvalue weighted by atomic mass is 16.6. The molecule has 0 amide bonds. The molecule has 150 valence electrons. The van der Waals surface area contributed by atoms with E-state index in [1.807, 2.05) is 0 Å². The van der Waals surface area contributed by atoms with Crippen LogP contribution >= 0.6 is 0 Å². The minimum Gasteiger partial charge on any atom is -0.478 e. The van der Waals surface area contributed by atoms with E-state index in [2.05, 4.69) is 0 Å². The molecule has 0 aromatic heterocycles. The van der Waals surface area contributed by atoms with Gasteiger partial charge in [0.25, 0.3) is 0 Å². The topological polar surface area (TPSA) is 98.8 Å². The van der Waals surface area contributed by atoms with Crippen LogP contribution in [-0.2, 0) is 33.3 Å². The summed E-state index contributed by atoms with van der Waals surface area (Å²) in [4.78, 5) is 23.4. The SMILES string of the molecule is O=C1COc2ccccc2OCC(=O)OCCOCCOCCOCCO1. The number of rotatable bonds is 0. The molecule has 9 heteroatoms. The van der Waals surface area contributed by atoms with Crippen LogP contribution in [0.25, 0.3) is 0 Å². The number of fused-ring (bicyclic) bond motifs is 1. The second kappa shape index (κ2) is 12.9. The molecule has 27 heavy (non-hydrogen) atoms. The van der Waals surface area contributed by atoms with E-state index in [1.165, 1.54) is 0 Å². The molecule has 1 aromatic carbocycles. The lowest BCUT2D eigenvalue weighted by Gasteiger charge is -2.12. The quantitative estimate of drug-likeness (QED) is 0.595. The number of cyclic esters (lactones) is 2. The Morgan fingerprint density at radius 1 is 0.519 bits per heavy atom. The summed E-state index contributed by atoms with van der Waals surface area (Å²) < 4.78 is 36.7. The number of ether oxygens (including phenoxy) is 7. The van der Waals surface area contributed by atoms with Crippen LogP contribution in [0.1, 0.15) is 0 Å². The second-order valence-electron chi connectivity index (χ2n) is 5.30. The normalized spacial score (nSPS) is 19.3. The van der Waals surface area contributed by atoms with Gasteiger partial charge in [-0.25, -0.2) is 9.59 Å². The van der Waals surface area contributed by atoms with Crippen molar-refractivity contribution in [3.63, 3.8) is 0 Å². The number of hydrogen-bond acceptors (Lipinski definition) is 9. The zero-order chi connectivity index (χ0) is 19.2. The highest BCUT2D eigenvalue weighted by Crippen LogP contribution is 2.26. The van der Waals surface area contributed by atoms with E-state index in [0.29, 0.717) is 37.9 Å². The first-order valence-corrected chi connectivity index (χ1v) is 8.65. The molecule has 0 radical (unpaired) electrons. The third-order valence-electron chi connectivity index (χ3n) is 3.27. The van der Waals surface area contributed by atoms with E-state index < -0.39 is 11.9 Å². The van der Waals surface area contributed by atoms with Gasteiger partial charge in [0.15, 0.2) is 24.7 Å². The number of hydrogen-bond donors (Lipinski definition) is 0. The highest BCUT2D eigenvalue weighted by molar-refractivity contribution is 5.72. The maximum atomic E-state index is 11.7. The Labute approximate surface area is 157 Å². The highest BCUT2D eigenvalue weighted by Gasteiger charge is 2.11. The van der Waals surface area contributed by atoms with Crippen molar-refractivity contribution in [2.24, 2.45) is 0 Å². The van der Waals surface area contributed by atoms with Gasteiger partial charge in [0, 0.05) is 0 Å². The molecule has 2 rings (SSSR count). The Balaban J connectivity index is 1.86. The Hall–Kier alpha value is -2.36. The molecule has 0 fully saturated rings. The summed E-state index contributed by atoms with van der Waals surface area (Å²) in [6.45, 7) is 1.79. The molecule has 0 unspecified atom stereocenters. The lowest BCUT2D eigenvalue weighted by atomic mass is 10.3. The predicted molar refractivity (Wildman–Crippen MR) is 91.8 cm³/mol. The van der Waals surface area contributed by atoms with Crippen molar-refractivity contribution in [2.45, 2.75) is 0 Å². The molecule has 1 aromatic rings. The summed E-state index contributed by atoms with van der Waals surface area (Å²) in [5.74, 6) is -0.422. The lowest BCUT2D eigenvalue weighted by molar-refractivity contribution is -0.148.